The highest BCUT2D eigenvalue weighted by Gasteiger charge is 2.29. The minimum Gasteiger partial charge on any atom is -0.207 e. The van der Waals surface area contributed by atoms with Crippen LogP contribution in [-0.2, 0) is 0 Å². The van der Waals surface area contributed by atoms with Gasteiger partial charge in [-0.15, -0.1) is 0 Å². The number of hydrogen-bond acceptors (Lipinski definition) is 0. The molecule has 0 heterocycles. The Kier molecular flexibility index (Phi) is 3.73. The molecule has 106 valence electrons. The van der Waals surface area contributed by atoms with Gasteiger partial charge >= 0.3 is 0 Å². The van der Waals surface area contributed by atoms with Crippen LogP contribution in [0.2, 0.25) is 0 Å². The molecule has 1 aromatic carbocycles. The van der Waals surface area contributed by atoms with Crippen molar-refractivity contribution in [2.75, 3.05) is 0 Å². The molecule has 0 nitrogen and oxygen atoms in total. The Hall–Kier alpha value is -1.63. The van der Waals surface area contributed by atoms with Crippen LogP contribution in [0.15, 0.2) is 36.4 Å². The van der Waals surface area contributed by atoms with E-state index in [1.165, 1.54) is 11.1 Å². The van der Waals surface area contributed by atoms with Crippen LogP contribution in [0, 0.1) is 18.2 Å². The summed E-state index contributed by atoms with van der Waals surface area (Å²) in [7, 11) is 0. The highest BCUT2D eigenvalue weighted by atomic mass is 19.1. The molecule has 0 saturated carbocycles. The largest absolute Gasteiger partial charge is 0.207 e. The van der Waals surface area contributed by atoms with E-state index >= 15 is 0 Å². The fraction of sp³-hybridized carbons (Fsp3) is 0.368. The van der Waals surface area contributed by atoms with Crippen molar-refractivity contribution >= 4 is 11.6 Å². The second-order valence-corrected chi connectivity index (χ2v) is 6.67. The summed E-state index contributed by atoms with van der Waals surface area (Å²) in [5.74, 6) is -0.207. The Morgan fingerprint density at radius 1 is 1.20 bits per heavy atom. The van der Waals surface area contributed by atoms with Crippen LogP contribution < -0.4 is 0 Å². The second kappa shape index (κ2) is 5.05. The van der Waals surface area contributed by atoms with Crippen molar-refractivity contribution in [1.82, 2.24) is 0 Å². The summed E-state index contributed by atoms with van der Waals surface area (Å²) in [4.78, 5) is 0. The van der Waals surface area contributed by atoms with Crippen molar-refractivity contribution < 1.29 is 4.39 Å². The second-order valence-electron chi connectivity index (χ2n) is 6.67. The Labute approximate surface area is 121 Å². The molecule has 0 fully saturated rings. The van der Waals surface area contributed by atoms with E-state index in [4.69, 9.17) is 0 Å². The van der Waals surface area contributed by atoms with Crippen molar-refractivity contribution in [1.29, 1.82) is 0 Å². The molecule has 1 aliphatic rings. The Morgan fingerprint density at radius 3 is 2.40 bits per heavy atom. The number of halogens is 1. The quantitative estimate of drug-likeness (QED) is 0.625. The maximum absolute atomic E-state index is 13.6. The molecule has 1 aliphatic carbocycles. The minimum absolute atomic E-state index is 0.207. The van der Waals surface area contributed by atoms with E-state index in [2.05, 4.69) is 33.9 Å². The molecule has 0 radical (unpaired) electrons. The summed E-state index contributed by atoms with van der Waals surface area (Å²) in [6.45, 7) is 16.8. The average Bonchev–Trinajstić information content (AvgIpc) is 2.28. The van der Waals surface area contributed by atoms with Crippen LogP contribution in [-0.4, -0.2) is 0 Å². The number of aryl methyl sites for hydroxylation is 1. The highest BCUT2D eigenvalue weighted by molar-refractivity contribution is 5.87. The van der Waals surface area contributed by atoms with Crippen molar-refractivity contribution in [2.24, 2.45) is 5.41 Å². The van der Waals surface area contributed by atoms with Crippen molar-refractivity contribution in [3.8, 4) is 0 Å². The van der Waals surface area contributed by atoms with Crippen molar-refractivity contribution in [3.05, 3.63) is 58.9 Å². The Balaban J connectivity index is 2.68. The molecule has 0 aromatic heterocycles. The third kappa shape index (κ3) is 2.63. The minimum atomic E-state index is -0.207. The number of benzene rings is 1. The lowest BCUT2D eigenvalue weighted by Gasteiger charge is -2.34. The lowest BCUT2D eigenvalue weighted by atomic mass is 9.70. The molecule has 1 aromatic rings. The van der Waals surface area contributed by atoms with Crippen LogP contribution >= 0.6 is 0 Å². The summed E-state index contributed by atoms with van der Waals surface area (Å²) in [6.07, 6.45) is 3.76. The molecule has 0 saturated heterocycles. The predicted octanol–water partition coefficient (Wildman–Crippen LogP) is 5.93. The SMILES string of the molecule is C=Cc1cc(F)cc(C)c1C1=C(C)CC(C)(C)CC1=C. The summed E-state index contributed by atoms with van der Waals surface area (Å²) < 4.78 is 13.6. The first-order valence-corrected chi connectivity index (χ1v) is 7.06. The van der Waals surface area contributed by atoms with Crippen LogP contribution in [0.1, 0.15) is 50.3 Å². The fourth-order valence-electron chi connectivity index (χ4n) is 3.50. The van der Waals surface area contributed by atoms with E-state index in [1.54, 1.807) is 18.2 Å². The van der Waals surface area contributed by atoms with Crippen LogP contribution in [0.5, 0.6) is 0 Å². The van der Waals surface area contributed by atoms with Gasteiger partial charge in [-0.1, -0.05) is 38.7 Å². The standard InChI is InChI=1S/C19H23F/c1-7-15-9-16(20)8-12(2)18(15)17-13(3)10-19(5,6)11-14(17)4/h7-9H,1,3,10-11H2,2,4-6H3. The molecule has 20 heavy (non-hydrogen) atoms. The molecule has 0 bridgehead atoms. The van der Waals surface area contributed by atoms with Gasteiger partial charge in [-0.25, -0.2) is 4.39 Å². The fourth-order valence-corrected chi connectivity index (χ4v) is 3.50. The van der Waals surface area contributed by atoms with Crippen LogP contribution in [0.3, 0.4) is 0 Å². The van der Waals surface area contributed by atoms with Crippen LogP contribution in [0.4, 0.5) is 4.39 Å². The first-order chi connectivity index (χ1) is 9.25. The Morgan fingerprint density at radius 2 is 1.85 bits per heavy atom. The van der Waals surface area contributed by atoms with E-state index in [-0.39, 0.29) is 11.2 Å². The summed E-state index contributed by atoms with van der Waals surface area (Å²) >= 11 is 0. The molecule has 0 aliphatic heterocycles. The van der Waals surface area contributed by atoms with Gasteiger partial charge in [-0.3, -0.25) is 0 Å². The van der Waals surface area contributed by atoms with Gasteiger partial charge in [0.2, 0.25) is 0 Å². The maximum atomic E-state index is 13.6. The monoisotopic (exact) mass is 270 g/mol. The smallest absolute Gasteiger partial charge is 0.124 e. The van der Waals surface area contributed by atoms with Gasteiger partial charge in [-0.05, 0) is 72.1 Å². The molecule has 2 rings (SSSR count). The van der Waals surface area contributed by atoms with Gasteiger partial charge in [0.1, 0.15) is 5.82 Å². The van der Waals surface area contributed by atoms with Crippen LogP contribution in [0.25, 0.3) is 11.6 Å². The predicted molar refractivity (Wildman–Crippen MR) is 86.0 cm³/mol. The average molecular weight is 270 g/mol. The van der Waals surface area contributed by atoms with E-state index in [9.17, 15) is 4.39 Å². The third-order valence-corrected chi connectivity index (χ3v) is 4.02. The Bertz CT molecular complexity index is 615. The van der Waals surface area contributed by atoms with Crippen molar-refractivity contribution in [3.63, 3.8) is 0 Å². The maximum Gasteiger partial charge on any atom is 0.124 e. The first kappa shape index (κ1) is 14.8. The molecular formula is C19H23F. The van der Waals surface area contributed by atoms with Gasteiger partial charge in [0.05, 0.1) is 0 Å². The zero-order valence-electron chi connectivity index (χ0n) is 12.9. The zero-order valence-corrected chi connectivity index (χ0v) is 12.9. The third-order valence-electron chi connectivity index (χ3n) is 4.02. The van der Waals surface area contributed by atoms with E-state index in [0.717, 1.165) is 35.1 Å². The topological polar surface area (TPSA) is 0 Å². The summed E-state index contributed by atoms with van der Waals surface area (Å²) in [5, 5.41) is 0. The molecule has 0 N–H and O–H groups in total. The van der Waals surface area contributed by atoms with Gasteiger partial charge < -0.3 is 0 Å². The zero-order chi connectivity index (χ0) is 15.1. The van der Waals surface area contributed by atoms with E-state index in [0.29, 0.717) is 0 Å². The molecule has 0 amide bonds. The van der Waals surface area contributed by atoms with Crippen molar-refractivity contribution in [2.45, 2.75) is 40.5 Å². The highest BCUT2D eigenvalue weighted by Crippen LogP contribution is 2.46. The molecular weight excluding hydrogens is 247 g/mol. The van der Waals surface area contributed by atoms with Gasteiger partial charge in [0, 0.05) is 0 Å². The number of hydrogen-bond donors (Lipinski definition) is 0. The lowest BCUT2D eigenvalue weighted by molar-refractivity contribution is 0.355. The van der Waals surface area contributed by atoms with Gasteiger partial charge in [0.25, 0.3) is 0 Å². The molecule has 0 unspecified atom stereocenters. The summed E-state index contributed by atoms with van der Waals surface area (Å²) in [6, 6.07) is 3.15. The van der Waals surface area contributed by atoms with E-state index in [1.807, 2.05) is 6.92 Å². The number of rotatable bonds is 2. The van der Waals surface area contributed by atoms with E-state index < -0.39 is 0 Å². The molecule has 0 spiro atoms. The normalized spacial score (nSPS) is 18.4. The molecule has 0 atom stereocenters. The number of allylic oxidation sites excluding steroid dienone is 3. The molecule has 1 heteroatoms. The van der Waals surface area contributed by atoms with Gasteiger partial charge in [0.15, 0.2) is 0 Å². The summed E-state index contributed by atoms with van der Waals surface area (Å²) in [5.41, 5.74) is 6.86. The lowest BCUT2D eigenvalue weighted by Crippen LogP contribution is -2.19. The van der Waals surface area contributed by atoms with Gasteiger partial charge in [-0.2, -0.15) is 0 Å². The first-order valence-electron chi connectivity index (χ1n) is 7.06.